The Kier molecular flexibility index (Phi) is 8.91. The molecule has 0 aliphatic rings. The van der Waals surface area contributed by atoms with E-state index < -0.39 is 5.97 Å². The Labute approximate surface area is 200 Å². The van der Waals surface area contributed by atoms with Crippen molar-refractivity contribution in [2.24, 2.45) is 10.2 Å². The highest BCUT2D eigenvalue weighted by atomic mass is 16.5. The summed E-state index contributed by atoms with van der Waals surface area (Å²) in [7, 11) is 0. The molecular weight excluding hydrogens is 430 g/mol. The maximum absolute atomic E-state index is 12.4. The third-order valence-electron chi connectivity index (χ3n) is 5.08. The maximum atomic E-state index is 12.4. The Bertz CT molecular complexity index is 1100. The molecule has 3 rings (SSSR count). The van der Waals surface area contributed by atoms with Crippen LogP contribution in [-0.4, -0.2) is 25.0 Å². The number of hydrogen-bond acceptors (Lipinski definition) is 7. The lowest BCUT2D eigenvalue weighted by atomic mass is 10.2. The number of anilines is 1. The molecule has 176 valence electrons. The number of carbonyl (C=O) groups excluding carboxylic acids is 2. The standard InChI is InChI=1S/C27H29N3O4/c1-4-7-26(31)33-24-16-18-25(19-17-24)34-27(32)20-8-10-21(11-9-20)28-29-22-12-14-23(15-13-22)30(5-2)6-3/h8-19H,4-7H2,1-3H3. The van der Waals surface area contributed by atoms with Crippen molar-refractivity contribution < 1.29 is 19.1 Å². The zero-order valence-corrected chi connectivity index (χ0v) is 19.7. The zero-order valence-electron chi connectivity index (χ0n) is 19.7. The van der Waals surface area contributed by atoms with E-state index >= 15 is 0 Å². The lowest BCUT2D eigenvalue weighted by Crippen LogP contribution is -2.21. The topological polar surface area (TPSA) is 80.6 Å². The van der Waals surface area contributed by atoms with Crippen LogP contribution in [0.1, 0.15) is 44.0 Å². The van der Waals surface area contributed by atoms with Crippen molar-refractivity contribution in [1.82, 2.24) is 0 Å². The molecule has 0 aliphatic carbocycles. The summed E-state index contributed by atoms with van der Waals surface area (Å²) in [5.41, 5.74) is 2.92. The van der Waals surface area contributed by atoms with Gasteiger partial charge in [0, 0.05) is 25.2 Å². The Balaban J connectivity index is 1.56. The van der Waals surface area contributed by atoms with Crippen molar-refractivity contribution in [3.63, 3.8) is 0 Å². The van der Waals surface area contributed by atoms with Crippen molar-refractivity contribution in [2.45, 2.75) is 33.6 Å². The van der Waals surface area contributed by atoms with Crippen LogP contribution in [0.3, 0.4) is 0 Å². The summed E-state index contributed by atoms with van der Waals surface area (Å²) < 4.78 is 10.6. The van der Waals surface area contributed by atoms with Gasteiger partial charge >= 0.3 is 11.9 Å². The summed E-state index contributed by atoms with van der Waals surface area (Å²) in [6.45, 7) is 8.06. The molecule has 3 aromatic rings. The quantitative estimate of drug-likeness (QED) is 0.188. The predicted octanol–water partition coefficient (Wildman–Crippen LogP) is 6.87. The highest BCUT2D eigenvalue weighted by Crippen LogP contribution is 2.23. The Morgan fingerprint density at radius 3 is 1.71 bits per heavy atom. The molecule has 0 spiro atoms. The molecule has 0 aromatic heterocycles. The molecule has 0 heterocycles. The van der Waals surface area contributed by atoms with Gasteiger partial charge in [0.1, 0.15) is 11.5 Å². The predicted molar refractivity (Wildman–Crippen MR) is 133 cm³/mol. The molecule has 0 unspecified atom stereocenters. The van der Waals surface area contributed by atoms with Crippen LogP contribution >= 0.6 is 0 Å². The van der Waals surface area contributed by atoms with Crippen LogP contribution in [0.4, 0.5) is 17.1 Å². The monoisotopic (exact) mass is 459 g/mol. The summed E-state index contributed by atoms with van der Waals surface area (Å²) in [6, 6.07) is 21.0. The van der Waals surface area contributed by atoms with E-state index in [9.17, 15) is 9.59 Å². The first-order valence-corrected chi connectivity index (χ1v) is 11.4. The molecule has 34 heavy (non-hydrogen) atoms. The van der Waals surface area contributed by atoms with Gasteiger partial charge in [-0.3, -0.25) is 4.79 Å². The van der Waals surface area contributed by atoms with Gasteiger partial charge in [0.05, 0.1) is 16.9 Å². The number of rotatable bonds is 10. The molecule has 0 atom stereocenters. The largest absolute Gasteiger partial charge is 0.427 e. The van der Waals surface area contributed by atoms with Gasteiger partial charge in [0.15, 0.2) is 0 Å². The fraction of sp³-hybridized carbons (Fsp3) is 0.259. The van der Waals surface area contributed by atoms with Gasteiger partial charge in [0.2, 0.25) is 0 Å². The number of nitrogens with zero attached hydrogens (tertiary/aromatic N) is 3. The third kappa shape index (κ3) is 7.00. The molecule has 0 N–H and O–H groups in total. The van der Waals surface area contributed by atoms with Crippen LogP contribution in [0.5, 0.6) is 11.5 Å². The fourth-order valence-corrected chi connectivity index (χ4v) is 3.23. The molecule has 0 bridgehead atoms. The molecule has 0 saturated carbocycles. The molecule has 0 fully saturated rings. The highest BCUT2D eigenvalue weighted by Gasteiger charge is 2.10. The van der Waals surface area contributed by atoms with E-state index in [-0.39, 0.29) is 5.97 Å². The van der Waals surface area contributed by atoms with Crippen LogP contribution in [0.25, 0.3) is 0 Å². The minimum atomic E-state index is -0.494. The average Bonchev–Trinajstić information content (AvgIpc) is 2.86. The minimum Gasteiger partial charge on any atom is -0.427 e. The second-order valence-electron chi connectivity index (χ2n) is 7.52. The molecule has 0 amide bonds. The molecular formula is C27H29N3O4. The fourth-order valence-electron chi connectivity index (χ4n) is 3.23. The van der Waals surface area contributed by atoms with E-state index in [2.05, 4.69) is 29.0 Å². The van der Waals surface area contributed by atoms with Crippen molar-refractivity contribution in [2.75, 3.05) is 18.0 Å². The lowest BCUT2D eigenvalue weighted by molar-refractivity contribution is -0.134. The van der Waals surface area contributed by atoms with Gasteiger partial charge in [-0.1, -0.05) is 6.92 Å². The first-order valence-electron chi connectivity index (χ1n) is 11.4. The summed E-state index contributed by atoms with van der Waals surface area (Å²) in [5, 5.41) is 8.51. The maximum Gasteiger partial charge on any atom is 0.343 e. The zero-order chi connectivity index (χ0) is 24.3. The number of carbonyl (C=O) groups is 2. The van der Waals surface area contributed by atoms with Crippen LogP contribution < -0.4 is 14.4 Å². The molecule has 7 heteroatoms. The van der Waals surface area contributed by atoms with Crippen LogP contribution in [0.15, 0.2) is 83.0 Å². The van der Waals surface area contributed by atoms with Crippen LogP contribution in [0, 0.1) is 0 Å². The van der Waals surface area contributed by atoms with Crippen LogP contribution in [0.2, 0.25) is 0 Å². The third-order valence-corrected chi connectivity index (χ3v) is 5.08. The smallest absolute Gasteiger partial charge is 0.343 e. The van der Waals surface area contributed by atoms with E-state index in [1.807, 2.05) is 31.2 Å². The number of ether oxygens (including phenoxy) is 2. The van der Waals surface area contributed by atoms with E-state index in [0.29, 0.717) is 29.2 Å². The van der Waals surface area contributed by atoms with Gasteiger partial charge in [-0.2, -0.15) is 10.2 Å². The second kappa shape index (κ2) is 12.3. The Hall–Kier alpha value is -4.00. The van der Waals surface area contributed by atoms with Crippen molar-refractivity contribution >= 4 is 29.0 Å². The first kappa shape index (κ1) is 24.6. The van der Waals surface area contributed by atoms with E-state index in [1.54, 1.807) is 48.5 Å². The number of azo groups is 1. The van der Waals surface area contributed by atoms with Gasteiger partial charge in [0.25, 0.3) is 0 Å². The normalized spacial score (nSPS) is 10.8. The highest BCUT2D eigenvalue weighted by molar-refractivity contribution is 5.91. The van der Waals surface area contributed by atoms with Gasteiger partial charge in [-0.15, -0.1) is 0 Å². The van der Waals surface area contributed by atoms with Crippen LogP contribution in [-0.2, 0) is 4.79 Å². The number of esters is 2. The minimum absolute atomic E-state index is 0.291. The van der Waals surface area contributed by atoms with Gasteiger partial charge in [-0.05, 0) is 93.1 Å². The molecule has 3 aromatic carbocycles. The van der Waals surface area contributed by atoms with E-state index in [1.165, 1.54) is 0 Å². The van der Waals surface area contributed by atoms with Crippen molar-refractivity contribution in [3.8, 4) is 11.5 Å². The Morgan fingerprint density at radius 2 is 1.21 bits per heavy atom. The van der Waals surface area contributed by atoms with Crippen molar-refractivity contribution in [3.05, 3.63) is 78.4 Å². The Morgan fingerprint density at radius 1 is 0.706 bits per heavy atom. The summed E-state index contributed by atoms with van der Waals surface area (Å²) >= 11 is 0. The average molecular weight is 460 g/mol. The molecule has 0 saturated heterocycles. The second-order valence-corrected chi connectivity index (χ2v) is 7.52. The molecule has 7 nitrogen and oxygen atoms in total. The summed E-state index contributed by atoms with van der Waals surface area (Å²) in [5.74, 6) is -0.0137. The SMILES string of the molecule is CCCC(=O)Oc1ccc(OC(=O)c2ccc(N=Nc3ccc(N(CC)CC)cc3)cc2)cc1. The lowest BCUT2D eigenvalue weighted by Gasteiger charge is -2.20. The van der Waals surface area contributed by atoms with Gasteiger partial charge < -0.3 is 14.4 Å². The van der Waals surface area contributed by atoms with E-state index in [0.717, 1.165) is 30.9 Å². The summed E-state index contributed by atoms with van der Waals surface area (Å²) in [6.07, 6.45) is 1.08. The molecule has 0 radical (unpaired) electrons. The first-order chi connectivity index (χ1) is 16.5. The van der Waals surface area contributed by atoms with E-state index in [4.69, 9.17) is 9.47 Å². The summed E-state index contributed by atoms with van der Waals surface area (Å²) in [4.78, 5) is 26.2. The number of hydrogen-bond donors (Lipinski definition) is 0. The van der Waals surface area contributed by atoms with Gasteiger partial charge in [-0.25, -0.2) is 4.79 Å². The molecule has 0 aliphatic heterocycles. The number of benzene rings is 3. The van der Waals surface area contributed by atoms with Crippen molar-refractivity contribution in [1.29, 1.82) is 0 Å².